The summed E-state index contributed by atoms with van der Waals surface area (Å²) < 4.78 is 11.9. The molecule has 2 aliphatic heterocycles. The van der Waals surface area contributed by atoms with E-state index in [0.717, 1.165) is 42.9 Å². The average molecular weight is 509 g/mol. The van der Waals surface area contributed by atoms with E-state index < -0.39 is 0 Å². The maximum absolute atomic E-state index is 13.0. The van der Waals surface area contributed by atoms with Crippen molar-refractivity contribution >= 4 is 22.7 Å². The second kappa shape index (κ2) is 9.70. The number of carbonyl (C=O) groups is 2. The predicted octanol–water partition coefficient (Wildman–Crippen LogP) is 6.16. The van der Waals surface area contributed by atoms with Crippen LogP contribution in [0.15, 0.2) is 36.4 Å². The zero-order valence-corrected chi connectivity index (χ0v) is 23.8. The van der Waals surface area contributed by atoms with Crippen LogP contribution >= 0.6 is 0 Å². The maximum Gasteiger partial charge on any atom is 0.338 e. The van der Waals surface area contributed by atoms with Crippen LogP contribution in [-0.4, -0.2) is 46.3 Å². The smallest absolute Gasteiger partial charge is 0.338 e. The van der Waals surface area contributed by atoms with Crippen molar-refractivity contribution in [1.82, 2.24) is 10.6 Å². The number of hydrogen-bond donors (Lipinski definition) is 2. The molecule has 2 aromatic carbocycles. The van der Waals surface area contributed by atoms with E-state index in [1.165, 1.54) is 0 Å². The van der Waals surface area contributed by atoms with Gasteiger partial charge in [0.15, 0.2) is 0 Å². The minimum absolute atomic E-state index is 0.0548. The molecular formula is C31H44N2O4. The van der Waals surface area contributed by atoms with Crippen molar-refractivity contribution in [1.29, 1.82) is 0 Å². The summed E-state index contributed by atoms with van der Waals surface area (Å²) in [6, 6.07) is 11.0. The van der Waals surface area contributed by atoms with Crippen LogP contribution < -0.4 is 10.6 Å². The van der Waals surface area contributed by atoms with Gasteiger partial charge in [-0.25, -0.2) is 9.59 Å². The molecule has 202 valence electrons. The number of piperidine rings is 2. The summed E-state index contributed by atoms with van der Waals surface area (Å²) in [7, 11) is 0. The Morgan fingerprint density at radius 3 is 1.54 bits per heavy atom. The van der Waals surface area contributed by atoms with Crippen LogP contribution in [-0.2, 0) is 9.47 Å². The molecule has 0 saturated carbocycles. The molecule has 0 amide bonds. The SMILES string of the molecule is CCC1(C)CC(OC(=O)c2ccc3cc(C(=O)OC4CC(C)(C)NC(C)(C)C4)ccc3c2)CC(C)(C)N1. The minimum Gasteiger partial charge on any atom is -0.459 e. The van der Waals surface area contributed by atoms with Crippen molar-refractivity contribution < 1.29 is 19.1 Å². The van der Waals surface area contributed by atoms with Gasteiger partial charge >= 0.3 is 11.9 Å². The largest absolute Gasteiger partial charge is 0.459 e. The fourth-order valence-corrected chi connectivity index (χ4v) is 6.63. The van der Waals surface area contributed by atoms with E-state index in [9.17, 15) is 9.59 Å². The first-order chi connectivity index (χ1) is 17.1. The second-order valence-corrected chi connectivity index (χ2v) is 13.5. The molecule has 4 rings (SSSR count). The van der Waals surface area contributed by atoms with E-state index in [0.29, 0.717) is 11.1 Å². The Labute approximate surface area is 221 Å². The molecule has 2 aromatic rings. The zero-order chi connectivity index (χ0) is 27.2. The van der Waals surface area contributed by atoms with Gasteiger partial charge in [0.25, 0.3) is 0 Å². The Bertz CT molecular complexity index is 1170. The highest BCUT2D eigenvalue weighted by atomic mass is 16.5. The number of carbonyl (C=O) groups excluding carboxylic acids is 2. The molecule has 2 unspecified atom stereocenters. The summed E-state index contributed by atoms with van der Waals surface area (Å²) in [5.41, 5.74) is 0.701. The van der Waals surface area contributed by atoms with Gasteiger partial charge in [-0.3, -0.25) is 0 Å². The van der Waals surface area contributed by atoms with E-state index >= 15 is 0 Å². The van der Waals surface area contributed by atoms with Gasteiger partial charge in [-0.2, -0.15) is 0 Å². The molecule has 6 nitrogen and oxygen atoms in total. The summed E-state index contributed by atoms with van der Waals surface area (Å²) in [5, 5.41) is 9.10. The highest BCUT2D eigenvalue weighted by molar-refractivity contribution is 5.99. The van der Waals surface area contributed by atoms with Gasteiger partial charge < -0.3 is 20.1 Å². The third-order valence-electron chi connectivity index (χ3n) is 7.85. The summed E-state index contributed by atoms with van der Waals surface area (Å²) >= 11 is 0. The molecule has 2 saturated heterocycles. The van der Waals surface area contributed by atoms with Gasteiger partial charge in [0.05, 0.1) is 11.1 Å². The molecule has 2 atom stereocenters. The van der Waals surface area contributed by atoms with Crippen LogP contribution in [0.1, 0.15) is 108 Å². The quantitative estimate of drug-likeness (QED) is 0.471. The number of benzene rings is 2. The summed E-state index contributed by atoms with van der Waals surface area (Å²) in [4.78, 5) is 26.0. The Hall–Kier alpha value is -2.44. The van der Waals surface area contributed by atoms with Crippen LogP contribution in [0.3, 0.4) is 0 Å². The highest BCUT2D eigenvalue weighted by Gasteiger charge is 2.41. The van der Waals surface area contributed by atoms with E-state index in [1.54, 1.807) is 12.1 Å². The molecule has 0 aliphatic carbocycles. The molecule has 2 fully saturated rings. The Morgan fingerprint density at radius 1 is 0.703 bits per heavy atom. The molecule has 2 heterocycles. The van der Waals surface area contributed by atoms with Crippen LogP contribution in [0.5, 0.6) is 0 Å². The summed E-state index contributed by atoms with van der Waals surface area (Å²) in [5.74, 6) is -0.612. The Balaban J connectivity index is 1.45. The van der Waals surface area contributed by atoms with Gasteiger partial charge in [0.2, 0.25) is 0 Å². The number of ether oxygens (including phenoxy) is 2. The minimum atomic E-state index is -0.309. The van der Waals surface area contributed by atoms with Crippen molar-refractivity contribution in [2.45, 2.75) is 122 Å². The molecule has 37 heavy (non-hydrogen) atoms. The second-order valence-electron chi connectivity index (χ2n) is 13.5. The molecule has 6 heteroatoms. The van der Waals surface area contributed by atoms with Crippen LogP contribution in [0.4, 0.5) is 0 Å². The van der Waals surface area contributed by atoms with E-state index in [-0.39, 0.29) is 46.3 Å². The van der Waals surface area contributed by atoms with E-state index in [1.807, 2.05) is 24.3 Å². The third-order valence-corrected chi connectivity index (χ3v) is 7.85. The number of esters is 2. The standard InChI is InChI=1S/C31H44N2O4/c1-9-31(8)19-25(18-30(6,7)33-31)37-27(35)23-13-11-20-14-22(12-10-21(20)15-23)26(34)36-24-16-28(2,3)32-29(4,5)17-24/h10-15,24-25,32-33H,9,16-19H2,1-8H3. The van der Waals surface area contributed by atoms with Crippen molar-refractivity contribution in [3.05, 3.63) is 47.5 Å². The lowest BCUT2D eigenvalue weighted by molar-refractivity contribution is -0.0105. The van der Waals surface area contributed by atoms with Gasteiger partial charge in [-0.05, 0) is 89.9 Å². The van der Waals surface area contributed by atoms with Crippen molar-refractivity contribution in [2.24, 2.45) is 0 Å². The van der Waals surface area contributed by atoms with Gasteiger partial charge in [-0.15, -0.1) is 0 Å². The Kier molecular flexibility index (Phi) is 7.23. The van der Waals surface area contributed by atoms with Crippen molar-refractivity contribution in [3.8, 4) is 0 Å². The first-order valence-electron chi connectivity index (χ1n) is 13.6. The van der Waals surface area contributed by atoms with Crippen molar-refractivity contribution in [3.63, 3.8) is 0 Å². The fourth-order valence-electron chi connectivity index (χ4n) is 6.63. The monoisotopic (exact) mass is 508 g/mol. The lowest BCUT2D eigenvalue weighted by Crippen LogP contribution is -2.60. The van der Waals surface area contributed by atoms with E-state index in [2.05, 4.69) is 66.0 Å². The predicted molar refractivity (Wildman–Crippen MR) is 148 cm³/mol. The van der Waals surface area contributed by atoms with Gasteiger partial charge in [0.1, 0.15) is 12.2 Å². The summed E-state index contributed by atoms with van der Waals surface area (Å²) in [6.45, 7) is 17.2. The third kappa shape index (κ3) is 6.71. The topological polar surface area (TPSA) is 76.7 Å². The number of fused-ring (bicyclic) bond motifs is 1. The maximum atomic E-state index is 13.0. The molecular weight excluding hydrogens is 464 g/mol. The highest BCUT2D eigenvalue weighted by Crippen LogP contribution is 2.34. The molecule has 0 aromatic heterocycles. The molecule has 2 aliphatic rings. The molecule has 2 N–H and O–H groups in total. The van der Waals surface area contributed by atoms with E-state index in [4.69, 9.17) is 9.47 Å². The lowest BCUT2D eigenvalue weighted by atomic mass is 9.78. The lowest BCUT2D eigenvalue weighted by Gasteiger charge is -2.47. The Morgan fingerprint density at radius 2 is 1.11 bits per heavy atom. The number of hydrogen-bond acceptors (Lipinski definition) is 6. The number of nitrogens with one attached hydrogen (secondary N) is 2. The average Bonchev–Trinajstić information content (AvgIpc) is 2.74. The molecule has 0 radical (unpaired) electrons. The van der Waals surface area contributed by atoms with Crippen LogP contribution in [0.2, 0.25) is 0 Å². The molecule has 0 bridgehead atoms. The first-order valence-corrected chi connectivity index (χ1v) is 13.6. The fraction of sp³-hybridized carbons (Fsp3) is 0.613. The van der Waals surface area contributed by atoms with Gasteiger partial charge in [-0.1, -0.05) is 19.1 Å². The van der Waals surface area contributed by atoms with Crippen LogP contribution in [0, 0.1) is 0 Å². The van der Waals surface area contributed by atoms with Crippen molar-refractivity contribution in [2.75, 3.05) is 0 Å². The van der Waals surface area contributed by atoms with Gasteiger partial charge in [0, 0.05) is 47.8 Å². The zero-order valence-electron chi connectivity index (χ0n) is 23.8. The molecule has 0 spiro atoms. The van der Waals surface area contributed by atoms with Crippen LogP contribution in [0.25, 0.3) is 10.8 Å². The first kappa shape index (κ1) is 27.6. The number of rotatable bonds is 5. The summed E-state index contributed by atoms with van der Waals surface area (Å²) in [6.07, 6.45) is 3.81. The normalized spacial score (nSPS) is 27.0.